The Labute approximate surface area is 97.5 Å². The van der Waals surface area contributed by atoms with Gasteiger partial charge in [-0.3, -0.25) is 9.59 Å². The van der Waals surface area contributed by atoms with Crippen LogP contribution in [0, 0.1) is 5.92 Å². The number of hydrogen-bond donors (Lipinski definition) is 0. The van der Waals surface area contributed by atoms with Crippen LogP contribution in [0.25, 0.3) is 0 Å². The molecule has 2 atom stereocenters. The molecular weight excluding hydrogens is 204 g/mol. The first-order valence-electron chi connectivity index (χ1n) is 6.33. The molecule has 3 heteroatoms. The van der Waals surface area contributed by atoms with Crippen molar-refractivity contribution in [2.45, 2.75) is 64.4 Å². The standard InChI is InChI=1S/C13H21O3/c1-2-3-8-13(15)16-12-7-5-4-6-11(9-12)10-14/h11-12H,2-9H2,1H3. The maximum absolute atomic E-state index is 11.5. The van der Waals surface area contributed by atoms with E-state index in [0.717, 1.165) is 38.5 Å². The van der Waals surface area contributed by atoms with E-state index in [1.807, 2.05) is 6.29 Å². The lowest BCUT2D eigenvalue weighted by Gasteiger charge is -2.17. The molecule has 0 amide bonds. The lowest BCUT2D eigenvalue weighted by Crippen LogP contribution is -2.20. The van der Waals surface area contributed by atoms with Gasteiger partial charge in [-0.15, -0.1) is 0 Å². The highest BCUT2D eigenvalue weighted by Crippen LogP contribution is 2.24. The molecule has 1 aliphatic carbocycles. The fourth-order valence-corrected chi connectivity index (χ4v) is 2.10. The Morgan fingerprint density at radius 1 is 1.38 bits per heavy atom. The molecule has 0 heterocycles. The van der Waals surface area contributed by atoms with Gasteiger partial charge in [0.25, 0.3) is 0 Å². The van der Waals surface area contributed by atoms with Gasteiger partial charge in [0.2, 0.25) is 6.29 Å². The lowest BCUT2D eigenvalue weighted by molar-refractivity contribution is -0.150. The van der Waals surface area contributed by atoms with Gasteiger partial charge in [0.05, 0.1) is 0 Å². The SMILES string of the molecule is CCCCC(=O)OC1CCCCC([C]=O)C1. The van der Waals surface area contributed by atoms with E-state index < -0.39 is 0 Å². The Bertz CT molecular complexity index is 225. The van der Waals surface area contributed by atoms with Gasteiger partial charge in [-0.2, -0.15) is 0 Å². The predicted octanol–water partition coefficient (Wildman–Crippen LogP) is 2.78. The van der Waals surface area contributed by atoms with Crippen LogP contribution in [0.2, 0.25) is 0 Å². The molecule has 0 aromatic rings. The van der Waals surface area contributed by atoms with E-state index in [4.69, 9.17) is 4.74 Å². The number of ether oxygens (including phenoxy) is 1. The Kier molecular flexibility index (Phi) is 6.12. The molecule has 0 aromatic carbocycles. The number of carbonyl (C=O) groups is 1. The largest absolute Gasteiger partial charge is 0.462 e. The van der Waals surface area contributed by atoms with Crippen molar-refractivity contribution in [2.24, 2.45) is 5.92 Å². The van der Waals surface area contributed by atoms with Gasteiger partial charge in [0.1, 0.15) is 6.10 Å². The third-order valence-electron chi connectivity index (χ3n) is 3.08. The highest BCUT2D eigenvalue weighted by molar-refractivity contribution is 5.69. The number of esters is 1. The molecule has 0 aliphatic heterocycles. The smallest absolute Gasteiger partial charge is 0.306 e. The minimum absolute atomic E-state index is 0.0357. The summed E-state index contributed by atoms with van der Waals surface area (Å²) in [5.74, 6) is -0.148. The number of unbranched alkanes of at least 4 members (excludes halogenated alkanes) is 1. The molecule has 1 radical (unpaired) electrons. The van der Waals surface area contributed by atoms with Crippen LogP contribution in [-0.4, -0.2) is 18.4 Å². The second kappa shape index (κ2) is 7.42. The first-order chi connectivity index (χ1) is 7.76. The zero-order valence-corrected chi connectivity index (χ0v) is 10.0. The fraction of sp³-hybridized carbons (Fsp3) is 0.846. The first-order valence-corrected chi connectivity index (χ1v) is 6.33. The van der Waals surface area contributed by atoms with Crippen molar-refractivity contribution in [3.63, 3.8) is 0 Å². The van der Waals surface area contributed by atoms with Gasteiger partial charge in [-0.25, -0.2) is 0 Å². The Hall–Kier alpha value is -0.860. The average molecular weight is 225 g/mol. The number of rotatable bonds is 5. The summed E-state index contributed by atoms with van der Waals surface area (Å²) in [5.41, 5.74) is 0. The number of carbonyl (C=O) groups excluding carboxylic acids is 2. The Morgan fingerprint density at radius 2 is 2.12 bits per heavy atom. The molecule has 1 fully saturated rings. The second-order valence-corrected chi connectivity index (χ2v) is 4.55. The quantitative estimate of drug-likeness (QED) is 0.533. The van der Waals surface area contributed by atoms with Crippen LogP contribution < -0.4 is 0 Å². The average Bonchev–Trinajstić information content (AvgIpc) is 2.51. The molecule has 91 valence electrons. The molecule has 16 heavy (non-hydrogen) atoms. The predicted molar refractivity (Wildman–Crippen MR) is 61.7 cm³/mol. The topological polar surface area (TPSA) is 43.4 Å². The summed E-state index contributed by atoms with van der Waals surface area (Å²) in [6.07, 6.45) is 8.93. The highest BCUT2D eigenvalue weighted by atomic mass is 16.5. The molecule has 2 unspecified atom stereocenters. The minimum atomic E-state index is -0.113. The van der Waals surface area contributed by atoms with Crippen LogP contribution in [-0.2, 0) is 14.3 Å². The zero-order chi connectivity index (χ0) is 11.8. The molecule has 1 saturated carbocycles. The monoisotopic (exact) mass is 225 g/mol. The van der Waals surface area contributed by atoms with Crippen molar-refractivity contribution in [3.05, 3.63) is 0 Å². The molecule has 0 saturated heterocycles. The van der Waals surface area contributed by atoms with E-state index in [1.165, 1.54) is 0 Å². The summed E-state index contributed by atoms with van der Waals surface area (Å²) in [7, 11) is 0. The molecule has 0 bridgehead atoms. The summed E-state index contributed by atoms with van der Waals surface area (Å²) in [6.45, 7) is 2.05. The van der Waals surface area contributed by atoms with Crippen LogP contribution in [0.5, 0.6) is 0 Å². The molecule has 0 spiro atoms. The fourth-order valence-electron chi connectivity index (χ4n) is 2.10. The second-order valence-electron chi connectivity index (χ2n) is 4.55. The normalized spacial score (nSPS) is 25.8. The highest BCUT2D eigenvalue weighted by Gasteiger charge is 2.22. The van der Waals surface area contributed by atoms with E-state index in [1.54, 1.807) is 0 Å². The van der Waals surface area contributed by atoms with Gasteiger partial charge in [0.15, 0.2) is 0 Å². The van der Waals surface area contributed by atoms with Crippen LogP contribution in [0.1, 0.15) is 58.3 Å². The first kappa shape index (κ1) is 13.2. The molecule has 1 rings (SSSR count). The Balaban J connectivity index is 2.33. The summed E-state index contributed by atoms with van der Waals surface area (Å²) in [4.78, 5) is 22.1. The molecule has 3 nitrogen and oxygen atoms in total. The van der Waals surface area contributed by atoms with Gasteiger partial charge >= 0.3 is 5.97 Å². The molecule has 0 aromatic heterocycles. The van der Waals surface area contributed by atoms with Gasteiger partial charge < -0.3 is 4.74 Å². The van der Waals surface area contributed by atoms with Gasteiger partial charge in [-0.05, 0) is 32.1 Å². The third kappa shape index (κ3) is 4.77. The number of hydrogen-bond acceptors (Lipinski definition) is 3. The van der Waals surface area contributed by atoms with Crippen molar-refractivity contribution < 1.29 is 14.3 Å². The van der Waals surface area contributed by atoms with E-state index in [0.29, 0.717) is 12.8 Å². The summed E-state index contributed by atoms with van der Waals surface area (Å²) in [5, 5.41) is 0. The van der Waals surface area contributed by atoms with Crippen molar-refractivity contribution in [1.82, 2.24) is 0 Å². The van der Waals surface area contributed by atoms with E-state index >= 15 is 0 Å². The van der Waals surface area contributed by atoms with Crippen LogP contribution in [0.3, 0.4) is 0 Å². The van der Waals surface area contributed by atoms with Gasteiger partial charge in [0, 0.05) is 12.3 Å². The maximum atomic E-state index is 11.5. The van der Waals surface area contributed by atoms with Crippen molar-refractivity contribution in [2.75, 3.05) is 0 Å². The summed E-state index contributed by atoms with van der Waals surface area (Å²) in [6, 6.07) is 0. The van der Waals surface area contributed by atoms with Crippen molar-refractivity contribution in [1.29, 1.82) is 0 Å². The van der Waals surface area contributed by atoms with Crippen LogP contribution in [0.15, 0.2) is 0 Å². The summed E-state index contributed by atoms with van der Waals surface area (Å²) < 4.78 is 5.39. The van der Waals surface area contributed by atoms with Crippen molar-refractivity contribution >= 4 is 12.3 Å². The summed E-state index contributed by atoms with van der Waals surface area (Å²) >= 11 is 0. The minimum Gasteiger partial charge on any atom is -0.462 e. The van der Waals surface area contributed by atoms with E-state index in [-0.39, 0.29) is 18.0 Å². The zero-order valence-electron chi connectivity index (χ0n) is 10.0. The van der Waals surface area contributed by atoms with Crippen LogP contribution >= 0.6 is 0 Å². The molecule has 0 N–H and O–H groups in total. The van der Waals surface area contributed by atoms with E-state index in [9.17, 15) is 9.59 Å². The lowest BCUT2D eigenvalue weighted by atomic mass is 10.0. The molecular formula is C13H21O3. The third-order valence-corrected chi connectivity index (χ3v) is 3.08. The van der Waals surface area contributed by atoms with E-state index in [2.05, 4.69) is 6.92 Å². The van der Waals surface area contributed by atoms with Crippen molar-refractivity contribution in [3.8, 4) is 0 Å². The van der Waals surface area contributed by atoms with Gasteiger partial charge in [-0.1, -0.05) is 19.8 Å². The maximum Gasteiger partial charge on any atom is 0.306 e. The Morgan fingerprint density at radius 3 is 2.81 bits per heavy atom. The molecule has 1 aliphatic rings. The van der Waals surface area contributed by atoms with Crippen LogP contribution in [0.4, 0.5) is 0 Å².